The fraction of sp³-hybridized carbons (Fsp3) is 0.357. The second-order valence-electron chi connectivity index (χ2n) is 4.18. The molecule has 0 radical (unpaired) electrons. The number of aryl methyl sites for hydroxylation is 1. The van der Waals surface area contributed by atoms with E-state index in [-0.39, 0.29) is 6.09 Å². The average Bonchev–Trinajstić information content (AvgIpc) is 2.68. The normalized spacial score (nSPS) is 10.6. The fourth-order valence-electron chi connectivity index (χ4n) is 2.11. The first kappa shape index (κ1) is 12.5. The second kappa shape index (κ2) is 5.58. The van der Waals surface area contributed by atoms with Crippen molar-refractivity contribution in [1.82, 2.24) is 9.88 Å². The van der Waals surface area contributed by atoms with E-state index in [0.29, 0.717) is 13.2 Å². The Bertz CT molecular complexity index is 546. The summed E-state index contributed by atoms with van der Waals surface area (Å²) >= 11 is 0. The van der Waals surface area contributed by atoms with Gasteiger partial charge in [-0.25, -0.2) is 4.79 Å². The molecule has 2 aromatic rings. The van der Waals surface area contributed by atoms with Crippen LogP contribution < -0.4 is 5.32 Å². The summed E-state index contributed by atoms with van der Waals surface area (Å²) < 4.78 is 6.92. The van der Waals surface area contributed by atoms with Crippen LogP contribution in [-0.2, 0) is 18.2 Å². The molecule has 1 heterocycles. The highest BCUT2D eigenvalue weighted by molar-refractivity contribution is 5.83. The Kier molecular flexibility index (Phi) is 3.87. The Morgan fingerprint density at radius 3 is 2.94 bits per heavy atom. The summed E-state index contributed by atoms with van der Waals surface area (Å²) in [5, 5.41) is 3.98. The quantitative estimate of drug-likeness (QED) is 0.900. The van der Waals surface area contributed by atoms with Crippen molar-refractivity contribution in [2.24, 2.45) is 7.05 Å². The number of nitrogens with one attached hydrogen (secondary N) is 1. The molecule has 0 aliphatic rings. The van der Waals surface area contributed by atoms with Gasteiger partial charge in [0.2, 0.25) is 0 Å². The molecule has 0 bridgehead atoms. The van der Waals surface area contributed by atoms with E-state index < -0.39 is 0 Å². The minimum Gasteiger partial charge on any atom is -0.450 e. The lowest BCUT2D eigenvalue weighted by Gasteiger charge is -2.04. The summed E-state index contributed by atoms with van der Waals surface area (Å²) in [5.41, 5.74) is 2.45. The molecule has 4 nitrogen and oxygen atoms in total. The number of ether oxygens (including phenoxy) is 1. The lowest BCUT2D eigenvalue weighted by atomic mass is 10.1. The molecule has 0 fully saturated rings. The molecule has 18 heavy (non-hydrogen) atoms. The Balaban J connectivity index is 2.02. The predicted octanol–water partition coefficient (Wildman–Crippen LogP) is 2.47. The number of carbonyl (C=O) groups is 1. The number of hydrogen-bond donors (Lipinski definition) is 1. The zero-order valence-corrected chi connectivity index (χ0v) is 10.8. The van der Waals surface area contributed by atoms with Crippen LogP contribution in [0.15, 0.2) is 30.5 Å². The zero-order valence-electron chi connectivity index (χ0n) is 10.8. The maximum atomic E-state index is 11.2. The average molecular weight is 246 g/mol. The van der Waals surface area contributed by atoms with Crippen LogP contribution in [0.5, 0.6) is 0 Å². The van der Waals surface area contributed by atoms with E-state index in [4.69, 9.17) is 4.74 Å². The van der Waals surface area contributed by atoms with Crippen molar-refractivity contribution in [2.45, 2.75) is 13.3 Å². The Morgan fingerprint density at radius 2 is 2.17 bits per heavy atom. The standard InChI is InChI=1S/C14H18N2O2/c1-3-18-14(17)15-9-8-11-10-16(2)13-7-5-4-6-12(11)13/h4-7,10H,3,8-9H2,1-2H3,(H,15,17). The van der Waals surface area contributed by atoms with Gasteiger partial charge in [-0.3, -0.25) is 0 Å². The summed E-state index contributed by atoms with van der Waals surface area (Å²) in [4.78, 5) is 11.2. The smallest absolute Gasteiger partial charge is 0.407 e. The molecule has 1 N–H and O–H groups in total. The molecular weight excluding hydrogens is 228 g/mol. The molecule has 96 valence electrons. The number of hydrogen-bond acceptors (Lipinski definition) is 2. The fourth-order valence-corrected chi connectivity index (χ4v) is 2.11. The van der Waals surface area contributed by atoms with Crippen LogP contribution in [0.2, 0.25) is 0 Å². The summed E-state index contributed by atoms with van der Waals surface area (Å²) in [6.45, 7) is 2.79. The maximum Gasteiger partial charge on any atom is 0.407 e. The Hall–Kier alpha value is -1.97. The molecule has 1 amide bonds. The molecule has 0 aliphatic heterocycles. The molecule has 4 heteroatoms. The van der Waals surface area contributed by atoms with Crippen molar-refractivity contribution >= 4 is 17.0 Å². The first-order chi connectivity index (χ1) is 8.72. The van der Waals surface area contributed by atoms with Crippen molar-refractivity contribution in [1.29, 1.82) is 0 Å². The van der Waals surface area contributed by atoms with Gasteiger partial charge in [0.15, 0.2) is 0 Å². The van der Waals surface area contributed by atoms with Gasteiger partial charge in [-0.05, 0) is 25.0 Å². The maximum absolute atomic E-state index is 11.2. The van der Waals surface area contributed by atoms with Crippen LogP contribution in [0.3, 0.4) is 0 Å². The van der Waals surface area contributed by atoms with Crippen molar-refractivity contribution in [3.63, 3.8) is 0 Å². The number of alkyl carbamates (subject to hydrolysis) is 1. The van der Waals surface area contributed by atoms with E-state index in [0.717, 1.165) is 6.42 Å². The van der Waals surface area contributed by atoms with Gasteiger partial charge in [0.25, 0.3) is 0 Å². The van der Waals surface area contributed by atoms with Gasteiger partial charge in [-0.2, -0.15) is 0 Å². The van der Waals surface area contributed by atoms with E-state index >= 15 is 0 Å². The molecule has 0 atom stereocenters. The molecule has 0 spiro atoms. The van der Waals surface area contributed by atoms with Crippen LogP contribution >= 0.6 is 0 Å². The van der Waals surface area contributed by atoms with Crippen LogP contribution in [0.1, 0.15) is 12.5 Å². The minimum atomic E-state index is -0.349. The van der Waals surface area contributed by atoms with Crippen LogP contribution in [0.4, 0.5) is 4.79 Å². The SMILES string of the molecule is CCOC(=O)NCCc1cn(C)c2ccccc12. The third kappa shape index (κ3) is 2.64. The molecule has 1 aromatic carbocycles. The van der Waals surface area contributed by atoms with E-state index in [2.05, 4.69) is 28.2 Å². The first-order valence-corrected chi connectivity index (χ1v) is 6.16. The van der Waals surface area contributed by atoms with Gasteiger partial charge < -0.3 is 14.6 Å². The van der Waals surface area contributed by atoms with Crippen molar-refractivity contribution < 1.29 is 9.53 Å². The topological polar surface area (TPSA) is 43.3 Å². The van der Waals surface area contributed by atoms with Gasteiger partial charge in [0, 0.05) is 30.7 Å². The highest BCUT2D eigenvalue weighted by Crippen LogP contribution is 2.20. The van der Waals surface area contributed by atoms with Crippen LogP contribution in [0, 0.1) is 0 Å². The van der Waals surface area contributed by atoms with Gasteiger partial charge in [0.1, 0.15) is 0 Å². The number of para-hydroxylation sites is 1. The van der Waals surface area contributed by atoms with Crippen molar-refractivity contribution in [2.75, 3.05) is 13.2 Å². The number of nitrogens with zero attached hydrogens (tertiary/aromatic N) is 1. The number of carbonyl (C=O) groups excluding carboxylic acids is 1. The summed E-state index contributed by atoms with van der Waals surface area (Å²) in [5.74, 6) is 0. The summed E-state index contributed by atoms with van der Waals surface area (Å²) in [7, 11) is 2.03. The van der Waals surface area contributed by atoms with Gasteiger partial charge >= 0.3 is 6.09 Å². The van der Waals surface area contributed by atoms with Crippen LogP contribution in [0.25, 0.3) is 10.9 Å². The highest BCUT2D eigenvalue weighted by atomic mass is 16.5. The molecule has 2 rings (SSSR count). The van der Waals surface area contributed by atoms with E-state index in [1.165, 1.54) is 16.5 Å². The number of aromatic nitrogens is 1. The minimum absolute atomic E-state index is 0.349. The molecule has 0 aliphatic carbocycles. The van der Waals surface area contributed by atoms with E-state index in [9.17, 15) is 4.79 Å². The van der Waals surface area contributed by atoms with Crippen molar-refractivity contribution in [3.8, 4) is 0 Å². The largest absolute Gasteiger partial charge is 0.450 e. The first-order valence-electron chi connectivity index (χ1n) is 6.16. The highest BCUT2D eigenvalue weighted by Gasteiger charge is 2.06. The van der Waals surface area contributed by atoms with Gasteiger partial charge in [0.05, 0.1) is 6.61 Å². The summed E-state index contributed by atoms with van der Waals surface area (Å²) in [6.07, 6.45) is 2.57. The molecule has 1 aromatic heterocycles. The summed E-state index contributed by atoms with van der Waals surface area (Å²) in [6, 6.07) is 8.26. The van der Waals surface area contributed by atoms with Gasteiger partial charge in [-0.15, -0.1) is 0 Å². The van der Waals surface area contributed by atoms with Crippen molar-refractivity contribution in [3.05, 3.63) is 36.0 Å². The third-order valence-corrected chi connectivity index (χ3v) is 2.92. The van der Waals surface area contributed by atoms with E-state index in [1.807, 2.05) is 19.2 Å². The number of fused-ring (bicyclic) bond motifs is 1. The zero-order chi connectivity index (χ0) is 13.0. The molecule has 0 saturated carbocycles. The Morgan fingerprint density at radius 1 is 1.39 bits per heavy atom. The molecular formula is C14H18N2O2. The number of amides is 1. The van der Waals surface area contributed by atoms with Gasteiger partial charge in [-0.1, -0.05) is 18.2 Å². The third-order valence-electron chi connectivity index (χ3n) is 2.92. The monoisotopic (exact) mass is 246 g/mol. The predicted molar refractivity (Wildman–Crippen MR) is 71.6 cm³/mol. The van der Waals surface area contributed by atoms with Crippen LogP contribution in [-0.4, -0.2) is 23.8 Å². The lowest BCUT2D eigenvalue weighted by Crippen LogP contribution is -2.26. The van der Waals surface area contributed by atoms with E-state index in [1.54, 1.807) is 6.92 Å². The Labute approximate surface area is 107 Å². The molecule has 0 unspecified atom stereocenters. The molecule has 0 saturated heterocycles. The lowest BCUT2D eigenvalue weighted by molar-refractivity contribution is 0.152. The second-order valence-corrected chi connectivity index (χ2v) is 4.18. The number of benzene rings is 1. The number of rotatable bonds is 4.